The summed E-state index contributed by atoms with van der Waals surface area (Å²) in [6, 6.07) is 6.77. The number of nitrogens with zero attached hydrogens (tertiary/aromatic N) is 3. The van der Waals surface area contributed by atoms with Crippen LogP contribution in [-0.2, 0) is 4.79 Å². The first-order valence-electron chi connectivity index (χ1n) is 7.96. The van der Waals surface area contributed by atoms with Gasteiger partial charge in [-0.1, -0.05) is 18.2 Å². The first-order valence-corrected chi connectivity index (χ1v) is 7.96. The lowest BCUT2D eigenvalue weighted by molar-refractivity contribution is -0.130. The van der Waals surface area contributed by atoms with Crippen molar-refractivity contribution in [2.75, 3.05) is 13.1 Å². The molecule has 6 nitrogen and oxygen atoms in total. The summed E-state index contributed by atoms with van der Waals surface area (Å²) < 4.78 is 0. The molecule has 1 aliphatic heterocycles. The molecule has 2 aromatic rings. The van der Waals surface area contributed by atoms with E-state index < -0.39 is 5.97 Å². The molecule has 2 heterocycles. The van der Waals surface area contributed by atoms with Crippen molar-refractivity contribution in [1.29, 1.82) is 0 Å². The molecular weight excluding hydrogens is 306 g/mol. The van der Waals surface area contributed by atoms with Crippen LogP contribution in [0, 0.1) is 0 Å². The maximum absolute atomic E-state index is 11.6. The van der Waals surface area contributed by atoms with E-state index in [9.17, 15) is 14.7 Å². The highest BCUT2D eigenvalue weighted by molar-refractivity contribution is 5.95. The summed E-state index contributed by atoms with van der Waals surface area (Å²) >= 11 is 0. The summed E-state index contributed by atoms with van der Waals surface area (Å²) in [5.41, 5.74) is 2.11. The first-order chi connectivity index (χ1) is 11.6. The van der Waals surface area contributed by atoms with Crippen LogP contribution in [-0.4, -0.2) is 44.9 Å². The molecule has 1 aromatic carbocycles. The number of hydrogen-bond donors (Lipinski definition) is 1. The third kappa shape index (κ3) is 3.27. The van der Waals surface area contributed by atoms with Crippen LogP contribution in [0.2, 0.25) is 0 Å². The number of carbonyl (C=O) groups is 2. The number of hydrogen-bond acceptors (Lipinski definition) is 4. The number of piperidine rings is 1. The third-order valence-electron chi connectivity index (χ3n) is 4.37. The zero-order valence-corrected chi connectivity index (χ0v) is 13.5. The Morgan fingerprint density at radius 2 is 2.04 bits per heavy atom. The number of likely N-dealkylation sites (tertiary alicyclic amines) is 1. The van der Waals surface area contributed by atoms with Gasteiger partial charge in [0, 0.05) is 37.7 Å². The molecule has 24 heavy (non-hydrogen) atoms. The number of aromatic carboxylic acids is 1. The molecule has 1 saturated heterocycles. The van der Waals surface area contributed by atoms with Crippen molar-refractivity contribution >= 4 is 11.9 Å². The van der Waals surface area contributed by atoms with E-state index in [0.29, 0.717) is 17.8 Å². The summed E-state index contributed by atoms with van der Waals surface area (Å²) in [5.74, 6) is -0.787. The Kier molecular flexibility index (Phi) is 4.55. The molecule has 0 bridgehead atoms. The van der Waals surface area contributed by atoms with Crippen LogP contribution >= 0.6 is 0 Å². The van der Waals surface area contributed by atoms with Crippen molar-refractivity contribution in [3.63, 3.8) is 0 Å². The highest BCUT2D eigenvalue weighted by Gasteiger charge is 2.24. The van der Waals surface area contributed by atoms with E-state index in [1.165, 1.54) is 0 Å². The topological polar surface area (TPSA) is 83.4 Å². The Morgan fingerprint density at radius 3 is 2.79 bits per heavy atom. The molecule has 0 spiro atoms. The second kappa shape index (κ2) is 6.78. The average Bonchev–Trinajstić information content (AvgIpc) is 2.62. The minimum absolute atomic E-state index is 0.0695. The van der Waals surface area contributed by atoms with Crippen molar-refractivity contribution in [2.45, 2.75) is 25.7 Å². The summed E-state index contributed by atoms with van der Waals surface area (Å²) in [5, 5.41) is 9.35. The zero-order valence-electron chi connectivity index (χ0n) is 13.5. The minimum atomic E-state index is -0.988. The molecule has 1 N–H and O–H groups in total. The molecule has 1 aromatic heterocycles. The van der Waals surface area contributed by atoms with E-state index in [2.05, 4.69) is 9.97 Å². The molecule has 3 rings (SSSR count). The summed E-state index contributed by atoms with van der Waals surface area (Å²) in [4.78, 5) is 33.7. The van der Waals surface area contributed by atoms with Gasteiger partial charge in [0.05, 0.1) is 23.1 Å². The molecule has 0 radical (unpaired) electrons. The first kappa shape index (κ1) is 16.1. The maximum Gasteiger partial charge on any atom is 0.336 e. The Labute approximate surface area is 140 Å². The second-order valence-corrected chi connectivity index (χ2v) is 5.98. The lowest BCUT2D eigenvalue weighted by Crippen LogP contribution is -2.37. The molecule has 1 fully saturated rings. The number of carboxylic acids is 1. The van der Waals surface area contributed by atoms with Gasteiger partial charge in [0.1, 0.15) is 0 Å². The lowest BCUT2D eigenvalue weighted by atomic mass is 9.94. The van der Waals surface area contributed by atoms with Crippen LogP contribution in [0.15, 0.2) is 36.7 Å². The minimum Gasteiger partial charge on any atom is -0.478 e. The second-order valence-electron chi connectivity index (χ2n) is 5.98. The zero-order chi connectivity index (χ0) is 17.1. The van der Waals surface area contributed by atoms with Crippen molar-refractivity contribution in [2.24, 2.45) is 0 Å². The molecular formula is C18H19N3O3. The van der Waals surface area contributed by atoms with E-state index in [-0.39, 0.29) is 17.4 Å². The largest absolute Gasteiger partial charge is 0.478 e. The van der Waals surface area contributed by atoms with Gasteiger partial charge in [0.25, 0.3) is 0 Å². The fourth-order valence-corrected chi connectivity index (χ4v) is 3.11. The molecule has 0 unspecified atom stereocenters. The van der Waals surface area contributed by atoms with E-state index in [1.807, 2.05) is 4.90 Å². The summed E-state index contributed by atoms with van der Waals surface area (Å²) in [6.07, 6.45) is 5.17. The normalized spacial score (nSPS) is 17.5. The molecule has 0 saturated carbocycles. The third-order valence-corrected chi connectivity index (χ3v) is 4.37. The molecule has 1 amide bonds. The number of benzene rings is 1. The van der Waals surface area contributed by atoms with Gasteiger partial charge in [-0.15, -0.1) is 0 Å². The highest BCUT2D eigenvalue weighted by atomic mass is 16.4. The van der Waals surface area contributed by atoms with Crippen LogP contribution in [0.1, 0.15) is 41.7 Å². The SMILES string of the molecule is CC(=O)N1CCC[C@@H](c2cncc(-c3ccccc3C(=O)O)n2)C1. The average molecular weight is 325 g/mol. The van der Waals surface area contributed by atoms with Crippen molar-refractivity contribution in [3.05, 3.63) is 47.9 Å². The van der Waals surface area contributed by atoms with Gasteiger partial charge in [0.2, 0.25) is 5.91 Å². The Bertz CT molecular complexity index is 776. The molecule has 0 aliphatic carbocycles. The molecule has 1 aliphatic rings. The number of carbonyl (C=O) groups excluding carboxylic acids is 1. The van der Waals surface area contributed by atoms with Crippen LogP contribution in [0.3, 0.4) is 0 Å². The molecule has 1 atom stereocenters. The number of carboxylic acid groups (broad SMARTS) is 1. The van der Waals surface area contributed by atoms with Crippen LogP contribution in [0.4, 0.5) is 0 Å². The fraction of sp³-hybridized carbons (Fsp3) is 0.333. The summed E-state index contributed by atoms with van der Waals surface area (Å²) in [7, 11) is 0. The number of rotatable bonds is 3. The Balaban J connectivity index is 1.93. The van der Waals surface area contributed by atoms with Gasteiger partial charge < -0.3 is 10.0 Å². The Hall–Kier alpha value is -2.76. The fourth-order valence-electron chi connectivity index (χ4n) is 3.11. The van der Waals surface area contributed by atoms with Crippen molar-refractivity contribution in [1.82, 2.24) is 14.9 Å². The lowest BCUT2D eigenvalue weighted by Gasteiger charge is -2.31. The van der Waals surface area contributed by atoms with Gasteiger partial charge >= 0.3 is 5.97 Å². The van der Waals surface area contributed by atoms with E-state index in [4.69, 9.17) is 0 Å². The van der Waals surface area contributed by atoms with Gasteiger partial charge in [-0.3, -0.25) is 9.78 Å². The van der Waals surface area contributed by atoms with E-state index in [0.717, 1.165) is 25.1 Å². The van der Waals surface area contributed by atoms with Crippen LogP contribution in [0.25, 0.3) is 11.3 Å². The van der Waals surface area contributed by atoms with E-state index >= 15 is 0 Å². The van der Waals surface area contributed by atoms with Gasteiger partial charge in [0.15, 0.2) is 0 Å². The molecule has 6 heteroatoms. The predicted octanol–water partition coefficient (Wildman–Crippen LogP) is 2.57. The van der Waals surface area contributed by atoms with Crippen molar-refractivity contribution in [3.8, 4) is 11.3 Å². The standard InChI is InChI=1S/C18H19N3O3/c1-12(22)21-8-4-5-13(11-21)16-9-19-10-17(20-16)14-6-2-3-7-15(14)18(23)24/h2-3,6-7,9-10,13H,4-5,8,11H2,1H3,(H,23,24)/t13-/m1/s1. The smallest absolute Gasteiger partial charge is 0.336 e. The highest BCUT2D eigenvalue weighted by Crippen LogP contribution is 2.28. The maximum atomic E-state index is 11.6. The summed E-state index contributed by atoms with van der Waals surface area (Å²) in [6.45, 7) is 2.99. The quantitative estimate of drug-likeness (QED) is 0.937. The van der Waals surface area contributed by atoms with Gasteiger partial charge in [-0.25, -0.2) is 9.78 Å². The monoisotopic (exact) mass is 325 g/mol. The number of amides is 1. The van der Waals surface area contributed by atoms with Crippen LogP contribution < -0.4 is 0 Å². The van der Waals surface area contributed by atoms with Crippen LogP contribution in [0.5, 0.6) is 0 Å². The van der Waals surface area contributed by atoms with Crippen molar-refractivity contribution < 1.29 is 14.7 Å². The molecule has 124 valence electrons. The van der Waals surface area contributed by atoms with Gasteiger partial charge in [-0.2, -0.15) is 0 Å². The van der Waals surface area contributed by atoms with E-state index in [1.54, 1.807) is 43.6 Å². The van der Waals surface area contributed by atoms with Gasteiger partial charge in [-0.05, 0) is 18.9 Å². The number of aromatic nitrogens is 2. The Morgan fingerprint density at radius 1 is 1.25 bits per heavy atom. The predicted molar refractivity (Wildman–Crippen MR) is 88.7 cm³/mol.